The normalized spacial score (nSPS) is 12.8. The molecule has 6 heteroatoms. The molecule has 0 spiro atoms. The van der Waals surface area contributed by atoms with Gasteiger partial charge >= 0.3 is 6.18 Å². The van der Waals surface area contributed by atoms with Crippen LogP contribution in [0.5, 0.6) is 5.75 Å². The Kier molecular flexibility index (Phi) is 9.10. The summed E-state index contributed by atoms with van der Waals surface area (Å²) < 4.78 is 45.1. The number of hydrogen-bond donors (Lipinski definition) is 0. The van der Waals surface area contributed by atoms with Gasteiger partial charge in [0.1, 0.15) is 11.9 Å². The zero-order valence-electron chi connectivity index (χ0n) is 22.6. The first-order chi connectivity index (χ1) is 19.1. The lowest BCUT2D eigenvalue weighted by Gasteiger charge is -2.29. The van der Waals surface area contributed by atoms with Gasteiger partial charge < -0.3 is 9.64 Å². The van der Waals surface area contributed by atoms with Gasteiger partial charge in [-0.3, -0.25) is 4.79 Å². The molecule has 0 radical (unpaired) electrons. The smallest absolute Gasteiger partial charge is 0.416 e. The summed E-state index contributed by atoms with van der Waals surface area (Å²) in [5.41, 5.74) is 3.35. The molecule has 4 rings (SSSR count). The van der Waals surface area contributed by atoms with Crippen LogP contribution in [0.4, 0.5) is 13.2 Å². The van der Waals surface area contributed by atoms with Crippen molar-refractivity contribution in [2.24, 2.45) is 0 Å². The molecule has 0 heterocycles. The Morgan fingerprint density at radius 3 is 2.02 bits per heavy atom. The molecule has 0 aliphatic carbocycles. The highest BCUT2D eigenvalue weighted by atomic mass is 19.4. The van der Waals surface area contributed by atoms with Crippen molar-refractivity contribution < 1.29 is 22.7 Å². The van der Waals surface area contributed by atoms with Crippen LogP contribution in [0, 0.1) is 0 Å². The molecule has 0 saturated carbocycles. The lowest BCUT2D eigenvalue weighted by atomic mass is 9.93. The minimum Gasteiger partial charge on any atom is -0.486 e. The Balaban J connectivity index is 1.44. The average molecular weight is 544 g/mol. The van der Waals surface area contributed by atoms with Crippen molar-refractivity contribution in [1.29, 1.82) is 0 Å². The van der Waals surface area contributed by atoms with Gasteiger partial charge in [-0.2, -0.15) is 13.2 Å². The number of nitrogens with zero attached hydrogens (tertiary/aromatic N) is 1. The highest BCUT2D eigenvalue weighted by Crippen LogP contribution is 2.33. The second kappa shape index (κ2) is 12.7. The van der Waals surface area contributed by atoms with E-state index in [1.54, 1.807) is 12.1 Å². The third-order valence-corrected chi connectivity index (χ3v) is 7.03. The largest absolute Gasteiger partial charge is 0.486 e. The van der Waals surface area contributed by atoms with E-state index in [1.165, 1.54) is 12.1 Å². The topological polar surface area (TPSA) is 29.5 Å². The minimum atomic E-state index is -4.40. The SMILES string of the molecule is C=C(C(C)c1cccc(C(=O)c2ccccc2)c1)N(C)CCC(Oc1ccc(C(F)(F)F)cc1)c1ccccc1. The van der Waals surface area contributed by atoms with Crippen LogP contribution in [-0.4, -0.2) is 24.3 Å². The number of hydrogen-bond acceptors (Lipinski definition) is 3. The quantitative estimate of drug-likeness (QED) is 0.177. The molecule has 0 fully saturated rings. The second-order valence-electron chi connectivity index (χ2n) is 9.78. The Labute approximate surface area is 233 Å². The van der Waals surface area contributed by atoms with Crippen LogP contribution in [0.2, 0.25) is 0 Å². The van der Waals surface area contributed by atoms with Crippen LogP contribution < -0.4 is 4.74 Å². The number of allylic oxidation sites excluding steroid dienone is 1. The van der Waals surface area contributed by atoms with Gasteiger partial charge in [0.05, 0.1) is 5.56 Å². The third-order valence-electron chi connectivity index (χ3n) is 7.03. The standard InChI is InChI=1S/C34H32F3NO2/c1-24(28-15-10-16-29(23-28)33(39)27-13-8-5-9-14-27)25(2)38(3)22-21-32(26-11-6-4-7-12-26)40-31-19-17-30(18-20-31)34(35,36)37/h4-20,23-24,32H,2,21-22H2,1,3H3. The monoisotopic (exact) mass is 543 g/mol. The van der Waals surface area contributed by atoms with Crippen molar-refractivity contribution in [3.8, 4) is 5.75 Å². The van der Waals surface area contributed by atoms with Gasteiger partial charge in [-0.05, 0) is 41.5 Å². The summed E-state index contributed by atoms with van der Waals surface area (Å²) >= 11 is 0. The first-order valence-electron chi connectivity index (χ1n) is 13.1. The third kappa shape index (κ3) is 7.20. The molecule has 0 saturated heterocycles. The van der Waals surface area contributed by atoms with E-state index < -0.39 is 11.7 Å². The summed E-state index contributed by atoms with van der Waals surface area (Å²) in [6.07, 6.45) is -4.18. The Bertz CT molecular complexity index is 1420. The maximum Gasteiger partial charge on any atom is 0.416 e. The van der Waals surface area contributed by atoms with Gasteiger partial charge in [0.25, 0.3) is 0 Å². The van der Waals surface area contributed by atoms with Gasteiger partial charge in [0, 0.05) is 42.8 Å². The summed E-state index contributed by atoms with van der Waals surface area (Å²) in [6, 6.07) is 31.2. The summed E-state index contributed by atoms with van der Waals surface area (Å²) in [4.78, 5) is 15.0. The van der Waals surface area contributed by atoms with Crippen LogP contribution in [-0.2, 0) is 6.18 Å². The second-order valence-corrected chi connectivity index (χ2v) is 9.78. The summed E-state index contributed by atoms with van der Waals surface area (Å²) in [5, 5.41) is 0. The lowest BCUT2D eigenvalue weighted by Crippen LogP contribution is -2.24. The molecule has 0 amide bonds. The number of alkyl halides is 3. The van der Waals surface area contributed by atoms with Crippen molar-refractivity contribution in [3.05, 3.63) is 149 Å². The van der Waals surface area contributed by atoms with E-state index in [0.29, 0.717) is 29.8 Å². The number of carbonyl (C=O) groups excluding carboxylic acids is 1. The van der Waals surface area contributed by atoms with Crippen LogP contribution in [0.3, 0.4) is 0 Å². The fourth-order valence-corrected chi connectivity index (χ4v) is 4.53. The molecule has 4 aromatic carbocycles. The van der Waals surface area contributed by atoms with Crippen molar-refractivity contribution >= 4 is 5.78 Å². The molecular formula is C34H32F3NO2. The number of ether oxygens (including phenoxy) is 1. The van der Waals surface area contributed by atoms with Crippen LogP contribution in [0.1, 0.15) is 58.0 Å². The van der Waals surface area contributed by atoms with Gasteiger partial charge in [-0.15, -0.1) is 0 Å². The predicted molar refractivity (Wildman–Crippen MR) is 152 cm³/mol. The Morgan fingerprint density at radius 1 is 0.825 bits per heavy atom. The van der Waals surface area contributed by atoms with Crippen LogP contribution >= 0.6 is 0 Å². The molecule has 0 N–H and O–H groups in total. The van der Waals surface area contributed by atoms with Gasteiger partial charge in [0.15, 0.2) is 5.78 Å². The predicted octanol–water partition coefficient (Wildman–Crippen LogP) is 8.70. The molecule has 40 heavy (non-hydrogen) atoms. The maximum absolute atomic E-state index is 13.0. The lowest BCUT2D eigenvalue weighted by molar-refractivity contribution is -0.137. The fraction of sp³-hybridized carbons (Fsp3) is 0.206. The first kappa shape index (κ1) is 28.7. The van der Waals surface area contributed by atoms with Crippen LogP contribution in [0.15, 0.2) is 121 Å². The number of rotatable bonds is 11. The molecule has 2 atom stereocenters. The van der Waals surface area contributed by atoms with Crippen molar-refractivity contribution in [3.63, 3.8) is 0 Å². The Hall–Kier alpha value is -4.32. The van der Waals surface area contributed by atoms with E-state index in [9.17, 15) is 18.0 Å². The van der Waals surface area contributed by atoms with E-state index in [2.05, 4.69) is 18.4 Å². The Morgan fingerprint density at radius 2 is 1.40 bits per heavy atom. The van der Waals surface area contributed by atoms with Crippen molar-refractivity contribution in [1.82, 2.24) is 4.90 Å². The van der Waals surface area contributed by atoms with Gasteiger partial charge in [-0.1, -0.05) is 92.4 Å². The molecule has 0 bridgehead atoms. The molecule has 3 nitrogen and oxygen atoms in total. The van der Waals surface area contributed by atoms with E-state index >= 15 is 0 Å². The molecule has 0 aliphatic rings. The average Bonchev–Trinajstić information content (AvgIpc) is 2.98. The maximum atomic E-state index is 13.0. The summed E-state index contributed by atoms with van der Waals surface area (Å²) in [5.74, 6) is 0.302. The van der Waals surface area contributed by atoms with Gasteiger partial charge in [-0.25, -0.2) is 0 Å². The molecule has 206 valence electrons. The van der Waals surface area contributed by atoms with Gasteiger partial charge in [0.2, 0.25) is 0 Å². The zero-order valence-corrected chi connectivity index (χ0v) is 22.6. The molecule has 0 aromatic heterocycles. The summed E-state index contributed by atoms with van der Waals surface area (Å²) in [7, 11) is 1.96. The number of carbonyl (C=O) groups is 1. The minimum absolute atomic E-state index is 0.0280. The van der Waals surface area contributed by atoms with Crippen molar-refractivity contribution in [2.75, 3.05) is 13.6 Å². The number of likely N-dealkylation sites (N-methyl/N-ethyl adjacent to an activating group) is 1. The first-order valence-corrected chi connectivity index (χ1v) is 13.1. The van der Waals surface area contributed by atoms with E-state index in [4.69, 9.17) is 4.74 Å². The zero-order chi connectivity index (χ0) is 28.7. The van der Waals surface area contributed by atoms with E-state index in [-0.39, 0.29) is 17.8 Å². The van der Waals surface area contributed by atoms with Crippen LogP contribution in [0.25, 0.3) is 0 Å². The van der Waals surface area contributed by atoms with E-state index in [1.807, 2.05) is 79.8 Å². The summed E-state index contributed by atoms with van der Waals surface area (Å²) in [6.45, 7) is 6.98. The number of halogens is 3. The van der Waals surface area contributed by atoms with Crippen molar-refractivity contribution in [2.45, 2.75) is 31.5 Å². The highest BCUT2D eigenvalue weighted by Gasteiger charge is 2.30. The number of ketones is 1. The molecule has 2 unspecified atom stereocenters. The fourth-order valence-electron chi connectivity index (χ4n) is 4.53. The van der Waals surface area contributed by atoms with E-state index in [0.717, 1.165) is 29.0 Å². The molecular weight excluding hydrogens is 511 g/mol. The highest BCUT2D eigenvalue weighted by molar-refractivity contribution is 6.09. The number of benzene rings is 4. The molecule has 0 aliphatic heterocycles. The molecule has 4 aromatic rings.